The van der Waals surface area contributed by atoms with E-state index in [9.17, 15) is 4.79 Å². The van der Waals surface area contributed by atoms with E-state index >= 15 is 0 Å². The highest BCUT2D eigenvalue weighted by atomic mass is 16.5. The molecule has 1 aromatic heterocycles. The molecule has 0 saturated heterocycles. The van der Waals surface area contributed by atoms with E-state index in [-0.39, 0.29) is 17.5 Å². The highest BCUT2D eigenvalue weighted by Crippen LogP contribution is 2.28. The van der Waals surface area contributed by atoms with E-state index in [0.717, 1.165) is 0 Å². The lowest BCUT2D eigenvalue weighted by Crippen LogP contribution is -1.95. The Morgan fingerprint density at radius 2 is 2.24 bits per heavy atom. The Morgan fingerprint density at radius 3 is 2.88 bits per heavy atom. The zero-order valence-corrected chi connectivity index (χ0v) is 9.56. The molecule has 0 amide bonds. The Labute approximate surface area is 98.2 Å². The molecule has 0 atom stereocenters. The number of nitrogen functional groups attached to an aromatic ring is 1. The third kappa shape index (κ3) is 2.13. The van der Waals surface area contributed by atoms with E-state index in [1.807, 2.05) is 0 Å². The van der Waals surface area contributed by atoms with Crippen LogP contribution in [0, 0.1) is 0 Å². The van der Waals surface area contributed by atoms with E-state index in [0.29, 0.717) is 17.1 Å². The second kappa shape index (κ2) is 4.29. The average molecular weight is 232 g/mol. The number of hydrogen-bond donors (Lipinski definition) is 1. The molecule has 2 N–H and O–H groups in total. The molecule has 1 aromatic carbocycles. The fourth-order valence-corrected chi connectivity index (χ4v) is 1.54. The third-order valence-corrected chi connectivity index (χ3v) is 2.31. The molecule has 88 valence electrons. The molecule has 0 saturated carbocycles. The van der Waals surface area contributed by atoms with Gasteiger partial charge in [0.15, 0.2) is 17.2 Å². The molecule has 1 heterocycles. The van der Waals surface area contributed by atoms with Gasteiger partial charge in [0.05, 0.1) is 7.11 Å². The number of anilines is 1. The maximum absolute atomic E-state index is 11.4. The molecule has 0 unspecified atom stereocenters. The molecule has 5 nitrogen and oxygen atoms in total. The van der Waals surface area contributed by atoms with Crippen molar-refractivity contribution in [3.63, 3.8) is 0 Å². The van der Waals surface area contributed by atoms with E-state index in [1.165, 1.54) is 6.92 Å². The van der Waals surface area contributed by atoms with Gasteiger partial charge in [0.2, 0.25) is 0 Å². The van der Waals surface area contributed by atoms with Crippen LogP contribution in [0.4, 0.5) is 6.01 Å². The van der Waals surface area contributed by atoms with E-state index in [4.69, 9.17) is 14.9 Å². The number of carbonyl (C=O) groups is 1. The summed E-state index contributed by atoms with van der Waals surface area (Å²) < 4.78 is 10.4. The Hall–Kier alpha value is -2.30. The predicted octanol–water partition coefficient (Wildman–Crippen LogP) is 2.13. The van der Waals surface area contributed by atoms with Crippen LogP contribution in [0.25, 0.3) is 11.3 Å². The summed E-state index contributed by atoms with van der Waals surface area (Å²) in [4.78, 5) is 15.3. The van der Waals surface area contributed by atoms with Crippen molar-refractivity contribution in [1.82, 2.24) is 4.98 Å². The number of methoxy groups -OCH3 is 1. The predicted molar refractivity (Wildman–Crippen MR) is 62.9 cm³/mol. The Morgan fingerprint density at radius 1 is 1.47 bits per heavy atom. The number of ether oxygens (including phenoxy) is 1. The summed E-state index contributed by atoms with van der Waals surface area (Å²) in [6, 6.07) is 7.14. The van der Waals surface area contributed by atoms with Crippen LogP contribution in [-0.2, 0) is 0 Å². The smallest absolute Gasteiger partial charge is 0.293 e. The van der Waals surface area contributed by atoms with Crippen LogP contribution in [0.2, 0.25) is 0 Å². The van der Waals surface area contributed by atoms with Gasteiger partial charge in [-0.3, -0.25) is 4.79 Å². The molecular weight excluding hydrogens is 220 g/mol. The van der Waals surface area contributed by atoms with E-state index < -0.39 is 0 Å². The SMILES string of the molecule is COc1cccc(-c2oc(N)nc2C(C)=O)c1. The number of nitrogens with zero attached hydrogens (tertiary/aromatic N) is 1. The summed E-state index contributed by atoms with van der Waals surface area (Å²) in [5, 5.41) is 0. The Balaban J connectivity index is 2.55. The summed E-state index contributed by atoms with van der Waals surface area (Å²) in [7, 11) is 1.57. The van der Waals surface area contributed by atoms with Crippen molar-refractivity contribution in [2.75, 3.05) is 12.8 Å². The van der Waals surface area contributed by atoms with Crippen LogP contribution >= 0.6 is 0 Å². The van der Waals surface area contributed by atoms with Gasteiger partial charge in [0.1, 0.15) is 5.75 Å². The lowest BCUT2D eigenvalue weighted by Gasteiger charge is -2.02. The molecule has 0 aliphatic rings. The number of benzene rings is 1. The summed E-state index contributed by atoms with van der Waals surface area (Å²) in [6.07, 6.45) is 0. The van der Waals surface area contributed by atoms with Gasteiger partial charge in [0.25, 0.3) is 6.01 Å². The number of ketones is 1. The van der Waals surface area contributed by atoms with Gasteiger partial charge in [-0.15, -0.1) is 0 Å². The summed E-state index contributed by atoms with van der Waals surface area (Å²) >= 11 is 0. The van der Waals surface area contributed by atoms with Gasteiger partial charge in [-0.2, -0.15) is 4.98 Å². The molecule has 0 radical (unpaired) electrons. The van der Waals surface area contributed by atoms with Crippen molar-refractivity contribution < 1.29 is 13.9 Å². The molecule has 0 spiro atoms. The fraction of sp³-hybridized carbons (Fsp3) is 0.167. The molecule has 0 aliphatic heterocycles. The number of oxazole rings is 1. The third-order valence-electron chi connectivity index (χ3n) is 2.31. The topological polar surface area (TPSA) is 78.3 Å². The summed E-state index contributed by atoms with van der Waals surface area (Å²) in [5.74, 6) is 0.851. The number of carbonyl (C=O) groups excluding carboxylic acids is 1. The Bertz CT molecular complexity index is 561. The first-order chi connectivity index (χ1) is 8.11. The normalized spacial score (nSPS) is 10.2. The Kier molecular flexibility index (Phi) is 2.82. The van der Waals surface area contributed by atoms with Crippen LogP contribution in [-0.4, -0.2) is 17.9 Å². The monoisotopic (exact) mass is 232 g/mol. The molecular formula is C12H12N2O3. The lowest BCUT2D eigenvalue weighted by molar-refractivity contribution is 0.101. The van der Waals surface area contributed by atoms with E-state index in [1.54, 1.807) is 31.4 Å². The number of rotatable bonds is 3. The minimum atomic E-state index is -0.191. The van der Waals surface area contributed by atoms with Gasteiger partial charge in [-0.25, -0.2) is 0 Å². The number of Topliss-reactive ketones (excluding diaryl/α,β-unsaturated/α-hetero) is 1. The van der Waals surface area contributed by atoms with Crippen LogP contribution in [0.1, 0.15) is 17.4 Å². The van der Waals surface area contributed by atoms with E-state index in [2.05, 4.69) is 4.98 Å². The highest BCUT2D eigenvalue weighted by Gasteiger charge is 2.17. The van der Waals surface area contributed by atoms with Crippen LogP contribution < -0.4 is 10.5 Å². The van der Waals surface area contributed by atoms with Gasteiger partial charge >= 0.3 is 0 Å². The van der Waals surface area contributed by atoms with Crippen LogP contribution in [0.15, 0.2) is 28.7 Å². The molecule has 0 bridgehead atoms. The average Bonchev–Trinajstić information content (AvgIpc) is 2.72. The largest absolute Gasteiger partial charge is 0.497 e. The summed E-state index contributed by atoms with van der Waals surface area (Å²) in [5.41, 5.74) is 6.40. The molecule has 17 heavy (non-hydrogen) atoms. The molecule has 5 heteroatoms. The van der Waals surface area contributed by atoms with Crippen molar-refractivity contribution in [3.05, 3.63) is 30.0 Å². The molecule has 0 aliphatic carbocycles. The first-order valence-electron chi connectivity index (χ1n) is 5.03. The van der Waals surface area contributed by atoms with Crippen molar-refractivity contribution >= 4 is 11.8 Å². The molecule has 2 aromatic rings. The summed E-state index contributed by atoms with van der Waals surface area (Å²) in [6.45, 7) is 1.42. The highest BCUT2D eigenvalue weighted by molar-refractivity contribution is 5.98. The standard InChI is InChI=1S/C12H12N2O3/c1-7(15)10-11(17-12(13)14-10)8-4-3-5-9(6-8)16-2/h3-6H,1-2H3,(H2,13,14). The molecule has 2 rings (SSSR count). The maximum Gasteiger partial charge on any atom is 0.293 e. The zero-order valence-electron chi connectivity index (χ0n) is 9.56. The maximum atomic E-state index is 11.4. The van der Waals surface area contributed by atoms with Gasteiger partial charge < -0.3 is 14.9 Å². The first-order valence-corrected chi connectivity index (χ1v) is 5.03. The van der Waals surface area contributed by atoms with Gasteiger partial charge in [0, 0.05) is 12.5 Å². The zero-order chi connectivity index (χ0) is 12.4. The van der Waals surface area contributed by atoms with Gasteiger partial charge in [-0.05, 0) is 12.1 Å². The molecule has 0 fully saturated rings. The number of aromatic nitrogens is 1. The van der Waals surface area contributed by atoms with Crippen LogP contribution in [0.5, 0.6) is 5.75 Å². The number of hydrogen-bond acceptors (Lipinski definition) is 5. The minimum Gasteiger partial charge on any atom is -0.497 e. The van der Waals surface area contributed by atoms with Crippen molar-refractivity contribution in [3.8, 4) is 17.1 Å². The lowest BCUT2D eigenvalue weighted by atomic mass is 10.1. The number of nitrogens with two attached hydrogens (primary N) is 1. The van der Waals surface area contributed by atoms with Crippen molar-refractivity contribution in [2.24, 2.45) is 0 Å². The second-order valence-corrected chi connectivity index (χ2v) is 3.52. The second-order valence-electron chi connectivity index (χ2n) is 3.52. The van der Waals surface area contributed by atoms with Crippen LogP contribution in [0.3, 0.4) is 0 Å². The van der Waals surface area contributed by atoms with Crippen molar-refractivity contribution in [2.45, 2.75) is 6.92 Å². The fourth-order valence-electron chi connectivity index (χ4n) is 1.54. The first kappa shape index (κ1) is 11.2. The quantitative estimate of drug-likeness (QED) is 0.820. The van der Waals surface area contributed by atoms with Crippen molar-refractivity contribution in [1.29, 1.82) is 0 Å². The van der Waals surface area contributed by atoms with Gasteiger partial charge in [-0.1, -0.05) is 12.1 Å². The minimum absolute atomic E-state index is 0.0204.